The lowest BCUT2D eigenvalue weighted by Gasteiger charge is -2.15. The molecule has 1 heterocycles. The Balaban J connectivity index is 1.67. The van der Waals surface area contributed by atoms with Crippen molar-refractivity contribution >= 4 is 5.91 Å². The molecule has 7 heteroatoms. The van der Waals surface area contributed by atoms with Crippen molar-refractivity contribution in [3.8, 4) is 17.0 Å². The minimum atomic E-state index is -0.437. The molecule has 0 saturated heterocycles. The number of methoxy groups -OCH3 is 1. The van der Waals surface area contributed by atoms with E-state index in [1.165, 1.54) is 43.0 Å². The van der Waals surface area contributed by atoms with Crippen molar-refractivity contribution in [2.24, 2.45) is 0 Å². The standard InChI is InChI=1S/C23H24FN3O3/c1-16(8-9-17-6-4-3-5-7-17)25-22(28)15-27-23(29)13-12-20(26-27)19-11-10-18(24)14-21(19)30-2/h3-7,10-14,16H,8-9,15H2,1-2H3,(H,25,28). The summed E-state index contributed by atoms with van der Waals surface area (Å²) in [6, 6.07) is 16.9. The number of benzene rings is 2. The van der Waals surface area contributed by atoms with E-state index in [4.69, 9.17) is 4.74 Å². The first-order valence-electron chi connectivity index (χ1n) is 9.71. The van der Waals surface area contributed by atoms with Crippen LogP contribution in [0.25, 0.3) is 11.3 Å². The molecule has 0 aliphatic carbocycles. The summed E-state index contributed by atoms with van der Waals surface area (Å²) in [6.45, 7) is 1.72. The van der Waals surface area contributed by atoms with Crippen molar-refractivity contribution in [3.05, 3.63) is 82.4 Å². The third-order valence-electron chi connectivity index (χ3n) is 4.72. The fourth-order valence-corrected chi connectivity index (χ4v) is 3.14. The second-order valence-electron chi connectivity index (χ2n) is 7.05. The molecule has 6 nitrogen and oxygen atoms in total. The number of nitrogens with one attached hydrogen (secondary N) is 1. The molecule has 0 fully saturated rings. The Labute approximate surface area is 174 Å². The summed E-state index contributed by atoms with van der Waals surface area (Å²) < 4.78 is 19.7. The molecule has 1 N–H and O–H groups in total. The van der Waals surface area contributed by atoms with Crippen LogP contribution in [-0.4, -0.2) is 28.8 Å². The summed E-state index contributed by atoms with van der Waals surface area (Å²) in [5.74, 6) is -0.437. The van der Waals surface area contributed by atoms with Crippen molar-refractivity contribution in [2.75, 3.05) is 7.11 Å². The maximum atomic E-state index is 13.4. The van der Waals surface area contributed by atoms with Crippen molar-refractivity contribution in [1.29, 1.82) is 0 Å². The molecule has 1 aromatic heterocycles. The minimum absolute atomic E-state index is 0.0474. The van der Waals surface area contributed by atoms with Crippen molar-refractivity contribution in [1.82, 2.24) is 15.1 Å². The van der Waals surface area contributed by atoms with Gasteiger partial charge in [-0.25, -0.2) is 9.07 Å². The number of carbonyl (C=O) groups is 1. The first kappa shape index (κ1) is 21.2. The largest absolute Gasteiger partial charge is 0.496 e. The number of ether oxygens (including phenoxy) is 1. The first-order valence-corrected chi connectivity index (χ1v) is 9.71. The second-order valence-corrected chi connectivity index (χ2v) is 7.05. The van der Waals surface area contributed by atoms with Gasteiger partial charge in [0.2, 0.25) is 5.91 Å². The maximum Gasteiger partial charge on any atom is 0.267 e. The molecule has 2 aromatic carbocycles. The molecule has 3 rings (SSSR count). The normalized spacial score (nSPS) is 11.7. The van der Waals surface area contributed by atoms with Crippen LogP contribution in [0.1, 0.15) is 18.9 Å². The maximum absolute atomic E-state index is 13.4. The molecule has 3 aromatic rings. The Morgan fingerprint density at radius 1 is 1.17 bits per heavy atom. The summed E-state index contributed by atoms with van der Waals surface area (Å²) in [7, 11) is 1.43. The Kier molecular flexibility index (Phi) is 6.95. The number of aryl methyl sites for hydroxylation is 1. The Morgan fingerprint density at radius 2 is 1.93 bits per heavy atom. The number of nitrogens with zero attached hydrogens (tertiary/aromatic N) is 2. The van der Waals surface area contributed by atoms with Crippen LogP contribution in [0, 0.1) is 5.82 Å². The molecule has 0 bridgehead atoms. The van der Waals surface area contributed by atoms with Gasteiger partial charge in [0.15, 0.2) is 0 Å². The van der Waals surface area contributed by atoms with E-state index < -0.39 is 11.4 Å². The summed E-state index contributed by atoms with van der Waals surface area (Å²) in [5.41, 5.74) is 1.75. The predicted octanol–water partition coefficient (Wildman–Crippen LogP) is 3.20. The van der Waals surface area contributed by atoms with E-state index in [-0.39, 0.29) is 18.5 Å². The van der Waals surface area contributed by atoms with Crippen LogP contribution in [-0.2, 0) is 17.8 Å². The molecule has 1 atom stereocenters. The van der Waals surface area contributed by atoms with E-state index in [2.05, 4.69) is 10.4 Å². The average Bonchev–Trinajstić information content (AvgIpc) is 2.74. The first-order chi connectivity index (χ1) is 14.5. The third kappa shape index (κ3) is 5.53. The van der Waals surface area contributed by atoms with Gasteiger partial charge in [-0.1, -0.05) is 30.3 Å². The molecule has 156 valence electrons. The highest BCUT2D eigenvalue weighted by atomic mass is 19.1. The number of hydrogen-bond acceptors (Lipinski definition) is 4. The van der Waals surface area contributed by atoms with Crippen molar-refractivity contribution in [3.63, 3.8) is 0 Å². The van der Waals surface area contributed by atoms with Gasteiger partial charge in [-0.3, -0.25) is 9.59 Å². The quantitative estimate of drug-likeness (QED) is 0.620. The van der Waals surface area contributed by atoms with Crippen molar-refractivity contribution in [2.45, 2.75) is 32.4 Å². The molecule has 0 aliphatic rings. The van der Waals surface area contributed by atoms with Crippen LogP contribution in [0.15, 0.2) is 65.5 Å². The van der Waals surface area contributed by atoms with E-state index in [9.17, 15) is 14.0 Å². The predicted molar refractivity (Wildman–Crippen MR) is 113 cm³/mol. The molecular formula is C23H24FN3O3. The van der Waals surface area contributed by atoms with E-state index >= 15 is 0 Å². The number of amides is 1. The molecule has 0 radical (unpaired) electrons. The molecule has 1 unspecified atom stereocenters. The Hall–Kier alpha value is -3.48. The van der Waals surface area contributed by atoms with Crippen LogP contribution in [0.4, 0.5) is 4.39 Å². The topological polar surface area (TPSA) is 73.2 Å². The Bertz CT molecular complexity index is 1070. The number of aromatic nitrogens is 2. The van der Waals surface area contributed by atoms with Gasteiger partial charge >= 0.3 is 0 Å². The number of hydrogen-bond donors (Lipinski definition) is 1. The van der Waals surface area contributed by atoms with Gasteiger partial charge in [0.1, 0.15) is 18.1 Å². The SMILES string of the molecule is COc1cc(F)ccc1-c1ccc(=O)n(CC(=O)NC(C)CCc2ccccc2)n1. The van der Waals surface area contributed by atoms with Gasteiger partial charge in [-0.15, -0.1) is 0 Å². The summed E-state index contributed by atoms with van der Waals surface area (Å²) >= 11 is 0. The molecule has 1 amide bonds. The van der Waals surface area contributed by atoms with Crippen LogP contribution in [0.5, 0.6) is 5.75 Å². The smallest absolute Gasteiger partial charge is 0.267 e. The lowest BCUT2D eigenvalue weighted by atomic mass is 10.1. The summed E-state index contributed by atoms with van der Waals surface area (Å²) in [5, 5.41) is 7.16. The van der Waals surface area contributed by atoms with E-state index in [1.54, 1.807) is 0 Å². The number of carbonyl (C=O) groups excluding carboxylic acids is 1. The van der Waals surface area contributed by atoms with Gasteiger partial charge in [-0.2, -0.15) is 5.10 Å². The molecular weight excluding hydrogens is 385 g/mol. The third-order valence-corrected chi connectivity index (χ3v) is 4.72. The monoisotopic (exact) mass is 409 g/mol. The fourth-order valence-electron chi connectivity index (χ4n) is 3.14. The zero-order valence-corrected chi connectivity index (χ0v) is 17.0. The van der Waals surface area contributed by atoms with Gasteiger partial charge < -0.3 is 10.1 Å². The lowest BCUT2D eigenvalue weighted by Crippen LogP contribution is -2.38. The summed E-state index contributed by atoms with van der Waals surface area (Å²) in [4.78, 5) is 24.6. The lowest BCUT2D eigenvalue weighted by molar-refractivity contribution is -0.122. The summed E-state index contributed by atoms with van der Waals surface area (Å²) in [6.07, 6.45) is 1.63. The highest BCUT2D eigenvalue weighted by Gasteiger charge is 2.13. The second kappa shape index (κ2) is 9.82. The average molecular weight is 409 g/mol. The van der Waals surface area contributed by atoms with Crippen LogP contribution in [0.3, 0.4) is 0 Å². The van der Waals surface area contributed by atoms with Crippen LogP contribution in [0.2, 0.25) is 0 Å². The fraction of sp³-hybridized carbons (Fsp3) is 0.261. The number of rotatable bonds is 8. The van der Waals surface area contributed by atoms with Crippen LogP contribution >= 0.6 is 0 Å². The number of halogens is 1. The van der Waals surface area contributed by atoms with Crippen LogP contribution < -0.4 is 15.6 Å². The highest BCUT2D eigenvalue weighted by molar-refractivity contribution is 5.76. The molecule has 30 heavy (non-hydrogen) atoms. The highest BCUT2D eigenvalue weighted by Crippen LogP contribution is 2.28. The van der Waals surface area contributed by atoms with E-state index in [1.807, 2.05) is 37.3 Å². The van der Waals surface area contributed by atoms with Gasteiger partial charge in [0, 0.05) is 23.7 Å². The molecule has 0 spiro atoms. The van der Waals surface area contributed by atoms with Crippen molar-refractivity contribution < 1.29 is 13.9 Å². The van der Waals surface area contributed by atoms with E-state index in [0.29, 0.717) is 17.0 Å². The van der Waals surface area contributed by atoms with E-state index in [0.717, 1.165) is 17.5 Å². The zero-order chi connectivity index (χ0) is 21.5. The minimum Gasteiger partial charge on any atom is -0.496 e. The molecule has 0 aliphatic heterocycles. The van der Waals surface area contributed by atoms with Gasteiger partial charge in [0.05, 0.1) is 12.8 Å². The Morgan fingerprint density at radius 3 is 2.67 bits per heavy atom. The zero-order valence-electron chi connectivity index (χ0n) is 17.0. The van der Waals surface area contributed by atoms with Gasteiger partial charge in [0.25, 0.3) is 5.56 Å². The van der Waals surface area contributed by atoms with Gasteiger partial charge in [-0.05, 0) is 43.5 Å². The molecule has 0 saturated carbocycles.